The summed E-state index contributed by atoms with van der Waals surface area (Å²) in [6, 6.07) is 39.6. The minimum absolute atomic E-state index is 0.0299. The van der Waals surface area contributed by atoms with Crippen molar-refractivity contribution < 1.29 is 26.4 Å². The number of sulfonamides is 1. The Morgan fingerprint density at radius 3 is 1.22 bits per heavy atom. The van der Waals surface area contributed by atoms with Crippen molar-refractivity contribution in [2.75, 3.05) is 5.75 Å². The minimum Gasteiger partial charge on any atom is -0.299 e. The van der Waals surface area contributed by atoms with Crippen molar-refractivity contribution in [2.24, 2.45) is 29.6 Å². The van der Waals surface area contributed by atoms with Gasteiger partial charge >= 0.3 is 0 Å². The summed E-state index contributed by atoms with van der Waals surface area (Å²) in [6.07, 6.45) is 9.76. The fourth-order valence-corrected chi connectivity index (χ4v) is 16.3. The van der Waals surface area contributed by atoms with Crippen molar-refractivity contribution in [3.8, 4) is 0 Å². The second-order valence-electron chi connectivity index (χ2n) is 18.4. The SMILES string of the molecule is CC.CC.CC.CC.CC.CC.O=C(Cc1ccccc1)Cc1ccc2c(c1)CC1CCC(C2)C1CS(=O)(=O)c1cccs1.O=C(Cc1ccccc1)Cc1ccc2c(c1)CC1CCC(C2)C1NS(=O)(=O)c1cccs1. The largest absolute Gasteiger partial charge is 0.299 e. The number of nitrogens with one attached hydrogen (secondary N) is 1. The van der Waals surface area contributed by atoms with Crippen LogP contribution in [0.2, 0.25) is 0 Å². The predicted molar refractivity (Wildman–Crippen MR) is 324 cm³/mol. The van der Waals surface area contributed by atoms with Crippen molar-refractivity contribution in [3.05, 3.63) is 177 Å². The van der Waals surface area contributed by atoms with E-state index >= 15 is 0 Å². The molecule has 0 spiro atoms. The summed E-state index contributed by atoms with van der Waals surface area (Å²) >= 11 is 2.58. The minimum atomic E-state index is -3.48. The lowest BCUT2D eigenvalue weighted by molar-refractivity contribution is -0.118. The molecule has 0 saturated heterocycles. The quantitative estimate of drug-likeness (QED) is 0.116. The van der Waals surface area contributed by atoms with Gasteiger partial charge in [0.1, 0.15) is 20.0 Å². The highest BCUT2D eigenvalue weighted by molar-refractivity contribution is 7.93. The van der Waals surface area contributed by atoms with Crippen LogP contribution in [-0.4, -0.2) is 40.2 Å². The number of hydrogen-bond acceptors (Lipinski definition) is 8. The average Bonchev–Trinajstić information content (AvgIpc) is 4.29. The van der Waals surface area contributed by atoms with Crippen molar-refractivity contribution >= 4 is 54.1 Å². The van der Waals surface area contributed by atoms with Crippen LogP contribution in [0.3, 0.4) is 0 Å². The molecule has 76 heavy (non-hydrogen) atoms. The standard InChI is InChI=1S/C27H28O3S2.C26H27NO3S2.6C2H6/c28-25(14-19-5-2-1-3-6-19)15-20-8-9-21-16-22-10-11-23(17-24(21)13-20)26(22)18-32(29,30)27-7-4-12-31-27;28-24(14-18-5-2-1-3-6-18)15-19-8-9-20-16-21-10-11-22(17-23(20)13-19)26(21)27-32(29,30)25-7-4-12-31-25;6*1-2/h1-9,12-13,22-23,26H,10-11,14-18H2;1-9,12-13,21-22,26-27H,10-11,14-17H2;6*1-2H3. The van der Waals surface area contributed by atoms with E-state index in [1.807, 2.05) is 155 Å². The van der Waals surface area contributed by atoms with Gasteiger partial charge in [0.25, 0.3) is 0 Å². The summed E-state index contributed by atoms with van der Waals surface area (Å²) in [5.74, 6) is 2.39. The molecule has 1 N–H and O–H groups in total. The molecule has 11 heteroatoms. The predicted octanol–water partition coefficient (Wildman–Crippen LogP) is 16.0. The van der Waals surface area contributed by atoms with E-state index in [4.69, 9.17) is 0 Å². The van der Waals surface area contributed by atoms with Crippen LogP contribution in [0.25, 0.3) is 0 Å². The van der Waals surface area contributed by atoms with Crippen LogP contribution in [0.15, 0.2) is 141 Å². The van der Waals surface area contributed by atoms with Crippen molar-refractivity contribution in [3.63, 3.8) is 0 Å². The highest BCUT2D eigenvalue weighted by atomic mass is 32.2. The molecular formula is C65H91NO6S4. The lowest BCUT2D eigenvalue weighted by Gasteiger charge is -2.23. The number of thiophene rings is 2. The maximum Gasteiger partial charge on any atom is 0.250 e. The van der Waals surface area contributed by atoms with Crippen LogP contribution in [0.1, 0.15) is 153 Å². The number of Topliss-reactive ketones (excluding diaryl/α,β-unsaturated/α-hetero) is 2. The van der Waals surface area contributed by atoms with Crippen LogP contribution in [0.5, 0.6) is 0 Å². The van der Waals surface area contributed by atoms with Gasteiger partial charge in [-0.05, 0) is 148 Å². The molecule has 7 nitrogen and oxygen atoms in total. The molecule has 0 radical (unpaired) electrons. The molecule has 6 aromatic rings. The Morgan fingerprint density at radius 1 is 0.434 bits per heavy atom. The van der Waals surface area contributed by atoms with Crippen molar-refractivity contribution in [1.82, 2.24) is 4.72 Å². The van der Waals surface area contributed by atoms with Crippen molar-refractivity contribution in [2.45, 2.75) is 175 Å². The van der Waals surface area contributed by atoms with Gasteiger partial charge in [0, 0.05) is 31.7 Å². The number of rotatable bonds is 14. The Morgan fingerprint density at radius 2 is 0.803 bits per heavy atom. The van der Waals surface area contributed by atoms with Gasteiger partial charge in [-0.25, -0.2) is 21.6 Å². The summed E-state index contributed by atoms with van der Waals surface area (Å²) < 4.78 is 55.6. The zero-order chi connectivity index (χ0) is 56.3. The molecule has 0 aliphatic heterocycles. The Kier molecular flexibility index (Phi) is 29.7. The molecule has 2 saturated carbocycles. The van der Waals surface area contributed by atoms with Crippen LogP contribution in [-0.2, 0) is 80.8 Å². The number of benzene rings is 4. The third-order valence-electron chi connectivity index (χ3n) is 14.1. The highest BCUT2D eigenvalue weighted by Gasteiger charge is 2.43. The van der Waals surface area contributed by atoms with E-state index < -0.39 is 19.9 Å². The normalized spacial score (nSPS) is 19.3. The first-order valence-corrected chi connectivity index (χ1v) is 33.5. The molecule has 4 aromatic carbocycles. The molecule has 4 bridgehead atoms. The lowest BCUT2D eigenvalue weighted by atomic mass is 9.89. The molecular weight excluding hydrogens is 1020 g/mol. The van der Waals surface area contributed by atoms with Crippen LogP contribution < -0.4 is 4.72 Å². The molecule has 0 amide bonds. The third-order valence-corrected chi connectivity index (χ3v) is 20.2. The number of ketones is 2. The molecule has 2 fully saturated rings. The van der Waals surface area contributed by atoms with E-state index in [9.17, 15) is 26.4 Å². The maximum atomic E-state index is 13.0. The molecule has 416 valence electrons. The first kappa shape index (κ1) is 65.8. The van der Waals surface area contributed by atoms with Crippen LogP contribution in [0, 0.1) is 29.6 Å². The monoisotopic (exact) mass is 1110 g/mol. The Hall–Kier alpha value is -4.52. The van der Waals surface area contributed by atoms with E-state index in [0.717, 1.165) is 73.6 Å². The van der Waals surface area contributed by atoms with E-state index in [0.29, 0.717) is 57.8 Å². The van der Waals surface area contributed by atoms with Gasteiger partial charge in [-0.3, -0.25) is 9.59 Å². The zero-order valence-corrected chi connectivity index (χ0v) is 51.2. The topological polar surface area (TPSA) is 114 Å². The zero-order valence-electron chi connectivity index (χ0n) is 47.9. The summed E-state index contributed by atoms with van der Waals surface area (Å²) in [4.78, 5) is 25.2. The fraction of sp³-hybridized carbons (Fsp3) is 0.477. The highest BCUT2D eigenvalue weighted by Crippen LogP contribution is 2.46. The molecule has 2 aromatic heterocycles. The summed E-state index contributed by atoms with van der Waals surface area (Å²) in [7, 11) is -6.70. The van der Waals surface area contributed by atoms with Crippen LogP contribution in [0.4, 0.5) is 0 Å². The number of carbonyl (C=O) groups excluding carboxylic acids is 2. The van der Waals surface area contributed by atoms with Gasteiger partial charge in [0.2, 0.25) is 10.0 Å². The molecule has 10 rings (SSSR count). The first-order valence-electron chi connectivity index (χ1n) is 28.6. The number of sulfone groups is 1. The van der Waals surface area contributed by atoms with Gasteiger partial charge in [-0.1, -0.05) is 192 Å². The second kappa shape index (κ2) is 34.4. The van der Waals surface area contributed by atoms with Gasteiger partial charge in [-0.2, -0.15) is 0 Å². The summed E-state index contributed by atoms with van der Waals surface area (Å²) in [5, 5.41) is 3.64. The molecule has 4 aliphatic carbocycles. The van der Waals surface area contributed by atoms with E-state index in [1.54, 1.807) is 23.6 Å². The lowest BCUT2D eigenvalue weighted by Crippen LogP contribution is -2.41. The Bertz CT molecular complexity index is 2600. The van der Waals surface area contributed by atoms with E-state index in [2.05, 4.69) is 41.1 Å². The van der Waals surface area contributed by atoms with E-state index in [-0.39, 0.29) is 29.3 Å². The van der Waals surface area contributed by atoms with Crippen LogP contribution >= 0.6 is 22.7 Å². The molecule has 6 unspecified atom stereocenters. The number of hydrogen-bond donors (Lipinski definition) is 1. The maximum absolute atomic E-state index is 13.0. The smallest absolute Gasteiger partial charge is 0.250 e. The third kappa shape index (κ3) is 18.8. The van der Waals surface area contributed by atoms with E-state index in [1.165, 1.54) is 44.9 Å². The fourth-order valence-electron chi connectivity index (χ4n) is 11.0. The Labute approximate surface area is 468 Å². The average molecular weight is 1110 g/mol. The summed E-state index contributed by atoms with van der Waals surface area (Å²) in [6.45, 7) is 24.0. The summed E-state index contributed by atoms with van der Waals surface area (Å²) in [5.41, 5.74) is 9.48. The Balaban J connectivity index is 0.000000335. The van der Waals surface area contributed by atoms with Gasteiger partial charge in [0.15, 0.2) is 9.84 Å². The number of carbonyl (C=O) groups is 2. The van der Waals surface area contributed by atoms with Gasteiger partial charge in [0.05, 0.1) is 5.75 Å². The van der Waals surface area contributed by atoms with Crippen molar-refractivity contribution in [1.29, 1.82) is 0 Å². The first-order chi connectivity index (χ1) is 37.0. The molecule has 4 aliphatic rings. The second-order valence-corrected chi connectivity index (χ2v) is 24.5. The molecule has 6 atom stereocenters. The molecule has 2 heterocycles. The number of fused-ring (bicyclic) bond motifs is 6. The van der Waals surface area contributed by atoms with Gasteiger partial charge in [-0.15, -0.1) is 22.7 Å². The van der Waals surface area contributed by atoms with Gasteiger partial charge < -0.3 is 0 Å².